The zero-order valence-corrected chi connectivity index (χ0v) is 11.0. The van der Waals surface area contributed by atoms with E-state index in [9.17, 15) is 8.78 Å². The van der Waals surface area contributed by atoms with Gasteiger partial charge in [-0.2, -0.15) is 0 Å². The minimum Gasteiger partial charge on any atom is -0.321 e. The quantitative estimate of drug-likeness (QED) is 0.662. The molecule has 0 heterocycles. The van der Waals surface area contributed by atoms with Crippen molar-refractivity contribution in [1.82, 2.24) is 5.43 Å². The Labute approximate surface area is 112 Å². The van der Waals surface area contributed by atoms with Crippen LogP contribution in [-0.4, -0.2) is 0 Å². The molecule has 2 rings (SSSR count). The average molecular weight is 313 g/mol. The first-order chi connectivity index (χ1) is 8.68. The zero-order chi connectivity index (χ0) is 13.0. The van der Waals surface area contributed by atoms with Crippen LogP contribution in [0.25, 0.3) is 0 Å². The smallest absolute Gasteiger partial charge is 0.164 e. The standard InChI is InChI=1S/C13H11BrF2N2/c14-11-6-7-12(15)13(16)10(11)8-17-18-9-4-2-1-3-5-9/h1-7,17-18H,8H2. The van der Waals surface area contributed by atoms with Crippen LogP contribution >= 0.6 is 15.9 Å². The Kier molecular flexibility index (Phi) is 4.28. The Morgan fingerprint density at radius 2 is 1.72 bits per heavy atom. The van der Waals surface area contributed by atoms with Gasteiger partial charge in [0.25, 0.3) is 0 Å². The maximum absolute atomic E-state index is 13.5. The Morgan fingerprint density at radius 3 is 2.44 bits per heavy atom. The molecule has 18 heavy (non-hydrogen) atoms. The topological polar surface area (TPSA) is 24.1 Å². The first kappa shape index (κ1) is 13.0. The highest BCUT2D eigenvalue weighted by Crippen LogP contribution is 2.21. The molecule has 0 fully saturated rings. The Morgan fingerprint density at radius 1 is 1.00 bits per heavy atom. The van der Waals surface area contributed by atoms with E-state index in [-0.39, 0.29) is 12.1 Å². The van der Waals surface area contributed by atoms with Crippen molar-refractivity contribution in [2.45, 2.75) is 6.54 Å². The average Bonchev–Trinajstić information content (AvgIpc) is 2.39. The van der Waals surface area contributed by atoms with Gasteiger partial charge in [0.2, 0.25) is 0 Å². The molecule has 2 aromatic carbocycles. The van der Waals surface area contributed by atoms with E-state index in [0.29, 0.717) is 4.47 Å². The number of halogens is 3. The van der Waals surface area contributed by atoms with Crippen molar-refractivity contribution in [2.75, 3.05) is 5.43 Å². The predicted octanol–water partition coefficient (Wildman–Crippen LogP) is 3.84. The molecule has 0 aromatic heterocycles. The molecule has 0 aliphatic rings. The van der Waals surface area contributed by atoms with Gasteiger partial charge in [-0.1, -0.05) is 34.1 Å². The maximum Gasteiger partial charge on any atom is 0.164 e. The van der Waals surface area contributed by atoms with Crippen molar-refractivity contribution in [3.05, 3.63) is 64.1 Å². The summed E-state index contributed by atoms with van der Waals surface area (Å²) in [6.07, 6.45) is 0. The van der Waals surface area contributed by atoms with E-state index >= 15 is 0 Å². The SMILES string of the molecule is Fc1ccc(Br)c(CNNc2ccccc2)c1F. The second kappa shape index (κ2) is 5.93. The van der Waals surface area contributed by atoms with Gasteiger partial charge < -0.3 is 5.43 Å². The lowest BCUT2D eigenvalue weighted by Gasteiger charge is -2.10. The lowest BCUT2D eigenvalue weighted by Crippen LogP contribution is -2.22. The third kappa shape index (κ3) is 3.05. The van der Waals surface area contributed by atoms with Gasteiger partial charge in [-0.3, -0.25) is 0 Å². The zero-order valence-electron chi connectivity index (χ0n) is 9.38. The van der Waals surface area contributed by atoms with Gasteiger partial charge >= 0.3 is 0 Å². The highest BCUT2D eigenvalue weighted by Gasteiger charge is 2.11. The van der Waals surface area contributed by atoms with E-state index < -0.39 is 11.6 Å². The van der Waals surface area contributed by atoms with Crippen LogP contribution in [0.5, 0.6) is 0 Å². The second-order valence-electron chi connectivity index (χ2n) is 3.67. The second-order valence-corrected chi connectivity index (χ2v) is 4.52. The molecule has 5 heteroatoms. The summed E-state index contributed by atoms with van der Waals surface area (Å²) in [5.41, 5.74) is 6.85. The van der Waals surface area contributed by atoms with E-state index in [1.807, 2.05) is 30.3 Å². The van der Waals surface area contributed by atoms with E-state index in [1.54, 1.807) is 0 Å². The number of hydrogen-bond donors (Lipinski definition) is 2. The molecule has 2 nitrogen and oxygen atoms in total. The number of para-hydroxylation sites is 1. The van der Waals surface area contributed by atoms with Gasteiger partial charge in [0.05, 0.1) is 0 Å². The van der Waals surface area contributed by atoms with Crippen molar-refractivity contribution >= 4 is 21.6 Å². The summed E-state index contributed by atoms with van der Waals surface area (Å²) in [5.74, 6) is -1.69. The van der Waals surface area contributed by atoms with Crippen molar-refractivity contribution in [2.24, 2.45) is 0 Å². The molecule has 0 bridgehead atoms. The summed E-state index contributed by atoms with van der Waals surface area (Å²) in [5, 5.41) is 0. The lowest BCUT2D eigenvalue weighted by molar-refractivity contribution is 0.494. The molecular formula is C13H11BrF2N2. The molecule has 0 aliphatic heterocycles. The van der Waals surface area contributed by atoms with Crippen LogP contribution in [0, 0.1) is 11.6 Å². The Balaban J connectivity index is 2.01. The van der Waals surface area contributed by atoms with Crippen LogP contribution in [0.2, 0.25) is 0 Å². The van der Waals surface area contributed by atoms with Crippen molar-refractivity contribution in [3.63, 3.8) is 0 Å². The largest absolute Gasteiger partial charge is 0.321 e. The predicted molar refractivity (Wildman–Crippen MR) is 71.0 cm³/mol. The van der Waals surface area contributed by atoms with Crippen LogP contribution in [0.3, 0.4) is 0 Å². The maximum atomic E-state index is 13.5. The highest BCUT2D eigenvalue weighted by atomic mass is 79.9. The van der Waals surface area contributed by atoms with Gasteiger partial charge in [0.1, 0.15) is 0 Å². The Hall–Kier alpha value is -1.46. The molecule has 2 aromatic rings. The number of nitrogens with one attached hydrogen (secondary N) is 2. The van der Waals surface area contributed by atoms with Gasteiger partial charge in [0.15, 0.2) is 11.6 Å². The summed E-state index contributed by atoms with van der Waals surface area (Å²) in [4.78, 5) is 0. The van der Waals surface area contributed by atoms with Gasteiger partial charge in [0, 0.05) is 22.3 Å². The molecule has 94 valence electrons. The molecule has 0 spiro atoms. The summed E-state index contributed by atoms with van der Waals surface area (Å²) in [7, 11) is 0. The number of hydrazine groups is 1. The number of benzene rings is 2. The molecule has 0 atom stereocenters. The number of anilines is 1. The fourth-order valence-electron chi connectivity index (χ4n) is 1.49. The molecule has 0 saturated carbocycles. The first-order valence-electron chi connectivity index (χ1n) is 5.35. The first-order valence-corrected chi connectivity index (χ1v) is 6.14. The van der Waals surface area contributed by atoms with E-state index in [4.69, 9.17) is 0 Å². The summed E-state index contributed by atoms with van der Waals surface area (Å²) in [6, 6.07) is 12.0. The Bertz CT molecular complexity index is 532. The van der Waals surface area contributed by atoms with Crippen LogP contribution < -0.4 is 10.9 Å². The van der Waals surface area contributed by atoms with Gasteiger partial charge in [-0.15, -0.1) is 0 Å². The minimum absolute atomic E-state index is 0.166. The van der Waals surface area contributed by atoms with Crippen LogP contribution in [0.1, 0.15) is 5.56 Å². The normalized spacial score (nSPS) is 10.4. The minimum atomic E-state index is -0.852. The van der Waals surface area contributed by atoms with Crippen molar-refractivity contribution in [1.29, 1.82) is 0 Å². The van der Waals surface area contributed by atoms with Gasteiger partial charge in [-0.05, 0) is 24.3 Å². The molecule has 2 N–H and O–H groups in total. The van der Waals surface area contributed by atoms with Crippen LogP contribution in [-0.2, 0) is 6.54 Å². The fourth-order valence-corrected chi connectivity index (χ4v) is 1.93. The molecule has 0 saturated heterocycles. The third-order valence-corrected chi connectivity index (χ3v) is 3.15. The van der Waals surface area contributed by atoms with Crippen molar-refractivity contribution in [3.8, 4) is 0 Å². The molecular weight excluding hydrogens is 302 g/mol. The summed E-state index contributed by atoms with van der Waals surface area (Å²) < 4.78 is 27.1. The lowest BCUT2D eigenvalue weighted by atomic mass is 10.2. The molecule has 0 aliphatic carbocycles. The van der Waals surface area contributed by atoms with E-state index in [1.165, 1.54) is 6.07 Å². The summed E-state index contributed by atoms with van der Waals surface area (Å²) >= 11 is 3.19. The van der Waals surface area contributed by atoms with Crippen molar-refractivity contribution < 1.29 is 8.78 Å². The molecule has 0 unspecified atom stereocenters. The summed E-state index contributed by atoms with van der Waals surface area (Å²) in [6.45, 7) is 0.166. The molecule has 0 amide bonds. The van der Waals surface area contributed by atoms with Crippen LogP contribution in [0.4, 0.5) is 14.5 Å². The van der Waals surface area contributed by atoms with Gasteiger partial charge in [-0.25, -0.2) is 14.2 Å². The molecule has 0 radical (unpaired) electrons. The third-order valence-electron chi connectivity index (χ3n) is 2.41. The van der Waals surface area contributed by atoms with E-state index in [0.717, 1.165) is 11.8 Å². The fraction of sp³-hybridized carbons (Fsp3) is 0.0769. The number of rotatable bonds is 4. The monoisotopic (exact) mass is 312 g/mol. The number of hydrogen-bond acceptors (Lipinski definition) is 2. The highest BCUT2D eigenvalue weighted by molar-refractivity contribution is 9.10. The van der Waals surface area contributed by atoms with Crippen LogP contribution in [0.15, 0.2) is 46.9 Å². The van der Waals surface area contributed by atoms with E-state index in [2.05, 4.69) is 26.8 Å².